The fourth-order valence-corrected chi connectivity index (χ4v) is 7.25. The lowest BCUT2D eigenvalue weighted by atomic mass is 9.48. The van der Waals surface area contributed by atoms with E-state index in [9.17, 15) is 24.3 Å². The predicted molar refractivity (Wildman–Crippen MR) is 109 cm³/mol. The summed E-state index contributed by atoms with van der Waals surface area (Å²) in [4.78, 5) is 50.8. The molecular weight excluding hydrogens is 402 g/mol. The fourth-order valence-electron chi connectivity index (χ4n) is 7.25. The van der Waals surface area contributed by atoms with Crippen molar-refractivity contribution in [1.29, 1.82) is 0 Å². The van der Waals surface area contributed by atoms with Crippen molar-refractivity contribution < 1.29 is 33.8 Å². The third-order valence-corrected chi connectivity index (χ3v) is 9.19. The molecule has 31 heavy (non-hydrogen) atoms. The average molecular weight is 436 g/mol. The summed E-state index contributed by atoms with van der Waals surface area (Å²) in [5, 5.41) is 14.5. The Morgan fingerprint density at radius 2 is 1.90 bits per heavy atom. The molecule has 2 bridgehead atoms. The molecule has 1 aliphatic heterocycles. The fraction of sp³-hybridized carbons (Fsp3) is 0.826. The molecule has 2 N–H and O–H groups in total. The van der Waals surface area contributed by atoms with Gasteiger partial charge in [0.25, 0.3) is 0 Å². The largest absolute Gasteiger partial charge is 0.458 e. The van der Waals surface area contributed by atoms with Crippen LogP contribution in [0.15, 0.2) is 0 Å². The lowest BCUT2D eigenvalue weighted by Crippen LogP contribution is -2.65. The molecule has 0 aromatic heterocycles. The molecule has 0 aromatic rings. The van der Waals surface area contributed by atoms with Gasteiger partial charge in [0.2, 0.25) is 0 Å². The number of esters is 2. The maximum atomic E-state index is 13.8. The summed E-state index contributed by atoms with van der Waals surface area (Å²) in [6.45, 7) is 8.30. The van der Waals surface area contributed by atoms with Gasteiger partial charge in [-0.3, -0.25) is 19.7 Å². The highest BCUT2D eigenvalue weighted by Crippen LogP contribution is 2.73. The molecule has 4 fully saturated rings. The number of hydrogen-bond donors (Lipinski definition) is 2. The molecule has 1 saturated heterocycles. The topological polar surface area (TPSA) is 129 Å². The van der Waals surface area contributed by atoms with Crippen molar-refractivity contribution in [1.82, 2.24) is 5.32 Å². The van der Waals surface area contributed by atoms with Crippen LogP contribution in [0, 0.1) is 22.7 Å². The van der Waals surface area contributed by atoms with E-state index in [0.717, 1.165) is 0 Å². The van der Waals surface area contributed by atoms with Gasteiger partial charge in [0.15, 0.2) is 12.4 Å². The van der Waals surface area contributed by atoms with Crippen LogP contribution in [0.2, 0.25) is 0 Å². The number of aliphatic hydroxyl groups excluding tert-OH is 1. The summed E-state index contributed by atoms with van der Waals surface area (Å²) >= 11 is 0. The summed E-state index contributed by atoms with van der Waals surface area (Å²) in [6, 6.07) is 0. The van der Waals surface area contributed by atoms with Crippen LogP contribution < -0.4 is 5.32 Å². The Morgan fingerprint density at radius 1 is 1.23 bits per heavy atom. The SMILES string of the molecule is CC[C@]1(C)C[C@@H](OC(=O)COC(C)=O)C23NC24C(=O)CCC4(CC(O)C3C)[C@@H](C)C1=O. The first kappa shape index (κ1) is 22.4. The van der Waals surface area contributed by atoms with E-state index in [0.29, 0.717) is 25.7 Å². The predicted octanol–water partition coefficient (Wildman–Crippen LogP) is 1.32. The molecule has 0 aromatic carbocycles. The first-order chi connectivity index (χ1) is 14.4. The van der Waals surface area contributed by atoms with Gasteiger partial charge in [0, 0.05) is 36.0 Å². The molecular formula is C23H33NO7. The molecule has 1 spiro atoms. The average Bonchev–Trinajstić information content (AvgIpc) is 3.37. The van der Waals surface area contributed by atoms with Gasteiger partial charge in [-0.25, -0.2) is 4.79 Å². The molecule has 0 amide bonds. The van der Waals surface area contributed by atoms with Crippen LogP contribution in [0.25, 0.3) is 0 Å². The van der Waals surface area contributed by atoms with Gasteiger partial charge >= 0.3 is 11.9 Å². The highest BCUT2D eigenvalue weighted by molar-refractivity contribution is 6.01. The van der Waals surface area contributed by atoms with Crippen molar-refractivity contribution in [2.75, 3.05) is 6.61 Å². The zero-order valence-electron chi connectivity index (χ0n) is 18.9. The molecule has 3 saturated carbocycles. The Morgan fingerprint density at radius 3 is 2.52 bits per heavy atom. The Hall–Kier alpha value is -1.80. The number of ether oxygens (including phenoxy) is 2. The minimum absolute atomic E-state index is 0.0343. The number of carbonyl (C=O) groups is 4. The summed E-state index contributed by atoms with van der Waals surface area (Å²) in [7, 11) is 0. The van der Waals surface area contributed by atoms with Crippen LogP contribution in [-0.2, 0) is 28.7 Å². The normalized spacial score (nSPS) is 48.2. The Labute approximate surface area is 182 Å². The van der Waals surface area contributed by atoms with Gasteiger partial charge in [-0.1, -0.05) is 27.7 Å². The van der Waals surface area contributed by atoms with E-state index in [4.69, 9.17) is 9.47 Å². The molecule has 4 aliphatic rings. The Balaban J connectivity index is 1.83. The van der Waals surface area contributed by atoms with Crippen LogP contribution in [0.1, 0.15) is 66.7 Å². The van der Waals surface area contributed by atoms with Gasteiger partial charge < -0.3 is 14.6 Å². The van der Waals surface area contributed by atoms with Gasteiger partial charge in [0.05, 0.1) is 11.6 Å². The van der Waals surface area contributed by atoms with Gasteiger partial charge in [-0.2, -0.15) is 0 Å². The molecule has 0 radical (unpaired) electrons. The molecule has 1 heterocycles. The molecule has 5 unspecified atom stereocenters. The van der Waals surface area contributed by atoms with Crippen LogP contribution >= 0.6 is 0 Å². The van der Waals surface area contributed by atoms with Crippen molar-refractivity contribution in [3.05, 3.63) is 0 Å². The minimum atomic E-state index is -0.977. The number of rotatable bonds is 4. The second-order valence-electron chi connectivity index (χ2n) is 10.3. The van der Waals surface area contributed by atoms with E-state index < -0.39 is 58.6 Å². The van der Waals surface area contributed by atoms with Crippen molar-refractivity contribution in [3.63, 3.8) is 0 Å². The summed E-state index contributed by atoms with van der Waals surface area (Å²) in [6.07, 6.45) is 0.517. The Kier molecular flexibility index (Phi) is 4.95. The Bertz CT molecular complexity index is 857. The number of ketones is 2. The van der Waals surface area contributed by atoms with E-state index in [1.54, 1.807) is 0 Å². The minimum Gasteiger partial charge on any atom is -0.458 e. The third-order valence-electron chi connectivity index (χ3n) is 9.19. The van der Waals surface area contributed by atoms with Crippen LogP contribution in [-0.4, -0.2) is 58.5 Å². The number of aliphatic hydroxyl groups is 1. The third kappa shape index (κ3) is 2.61. The number of hydrogen-bond acceptors (Lipinski definition) is 8. The second kappa shape index (κ2) is 6.85. The first-order valence-corrected chi connectivity index (χ1v) is 11.3. The van der Waals surface area contributed by atoms with E-state index in [1.165, 1.54) is 6.92 Å². The highest BCUT2D eigenvalue weighted by atomic mass is 16.6. The van der Waals surface area contributed by atoms with Crippen molar-refractivity contribution in [2.24, 2.45) is 22.7 Å². The van der Waals surface area contributed by atoms with Crippen molar-refractivity contribution >= 4 is 23.5 Å². The monoisotopic (exact) mass is 435 g/mol. The highest BCUT2D eigenvalue weighted by Gasteiger charge is 2.90. The van der Waals surface area contributed by atoms with Gasteiger partial charge in [-0.15, -0.1) is 0 Å². The maximum absolute atomic E-state index is 13.8. The van der Waals surface area contributed by atoms with Crippen LogP contribution in [0.4, 0.5) is 0 Å². The standard InChI is InChI=1S/C23H33NO7/c1-6-20(5)10-17(31-18(28)11-30-14(4)25)22-12(2)15(26)9-21(13(3)19(20)29)8-7-16(27)23(21,22)24-22/h12-13,15,17,24,26H,6-11H2,1-5H3/t12?,13-,15?,17+,20+,21?,22?,23?/m0/s1. The van der Waals surface area contributed by atoms with Crippen molar-refractivity contribution in [2.45, 2.75) is 90.0 Å². The summed E-state index contributed by atoms with van der Waals surface area (Å²) < 4.78 is 10.7. The maximum Gasteiger partial charge on any atom is 0.344 e. The lowest BCUT2D eigenvalue weighted by Gasteiger charge is -2.54. The zero-order chi connectivity index (χ0) is 23.0. The molecule has 8 heteroatoms. The number of Topliss-reactive ketones (excluding diaryl/α,β-unsaturated/α-hetero) is 2. The molecule has 3 aliphatic carbocycles. The second-order valence-corrected chi connectivity index (χ2v) is 10.3. The smallest absolute Gasteiger partial charge is 0.344 e. The van der Waals surface area contributed by atoms with E-state index in [-0.39, 0.29) is 23.9 Å². The first-order valence-electron chi connectivity index (χ1n) is 11.3. The van der Waals surface area contributed by atoms with Crippen LogP contribution in [0.5, 0.6) is 0 Å². The molecule has 8 nitrogen and oxygen atoms in total. The van der Waals surface area contributed by atoms with Gasteiger partial charge in [0.1, 0.15) is 17.4 Å². The number of nitrogens with one attached hydrogen (secondary N) is 1. The van der Waals surface area contributed by atoms with E-state index >= 15 is 0 Å². The molecule has 4 rings (SSSR count). The van der Waals surface area contributed by atoms with Crippen molar-refractivity contribution in [3.8, 4) is 0 Å². The van der Waals surface area contributed by atoms with E-state index in [1.807, 2.05) is 27.7 Å². The van der Waals surface area contributed by atoms with Gasteiger partial charge in [-0.05, 0) is 25.7 Å². The summed E-state index contributed by atoms with van der Waals surface area (Å²) in [5.74, 6) is -1.99. The quantitative estimate of drug-likeness (QED) is 0.500. The number of carbonyl (C=O) groups excluding carboxylic acids is 4. The van der Waals surface area contributed by atoms with Crippen LogP contribution in [0.3, 0.4) is 0 Å². The molecule has 8 atom stereocenters. The van der Waals surface area contributed by atoms with E-state index in [2.05, 4.69) is 5.32 Å². The summed E-state index contributed by atoms with van der Waals surface area (Å²) in [5.41, 5.74) is -3.36. The zero-order valence-corrected chi connectivity index (χ0v) is 18.9. The lowest BCUT2D eigenvalue weighted by molar-refractivity contribution is -0.173. The molecule has 172 valence electrons.